The first kappa shape index (κ1) is 15.5. The van der Waals surface area contributed by atoms with Gasteiger partial charge in [-0.3, -0.25) is 5.10 Å². The number of nitrogens with one attached hydrogen (secondary N) is 2. The molecule has 1 aliphatic rings. The minimum absolute atomic E-state index is 0.102. The van der Waals surface area contributed by atoms with Crippen molar-refractivity contribution < 1.29 is 9.53 Å². The fourth-order valence-electron chi connectivity index (χ4n) is 2.61. The summed E-state index contributed by atoms with van der Waals surface area (Å²) in [5, 5.41) is 9.92. The van der Waals surface area contributed by atoms with Crippen molar-refractivity contribution in [1.29, 1.82) is 0 Å². The van der Waals surface area contributed by atoms with Crippen LogP contribution in [0.4, 0.5) is 4.79 Å². The Bertz CT molecular complexity index is 637. The van der Waals surface area contributed by atoms with Gasteiger partial charge in [-0.25, -0.2) is 9.78 Å². The van der Waals surface area contributed by atoms with Crippen molar-refractivity contribution in [2.24, 2.45) is 0 Å². The van der Waals surface area contributed by atoms with Gasteiger partial charge in [-0.15, -0.1) is 0 Å². The van der Waals surface area contributed by atoms with Crippen LogP contribution in [-0.4, -0.2) is 52.4 Å². The van der Waals surface area contributed by atoms with Gasteiger partial charge >= 0.3 is 6.03 Å². The predicted molar refractivity (Wildman–Crippen MR) is 85.7 cm³/mol. The molecule has 0 bridgehead atoms. The van der Waals surface area contributed by atoms with E-state index < -0.39 is 0 Å². The monoisotopic (exact) mass is 315 g/mol. The Morgan fingerprint density at radius 2 is 2.09 bits per heavy atom. The fraction of sp³-hybridized carbons (Fsp3) is 0.438. The van der Waals surface area contributed by atoms with E-state index in [1.54, 1.807) is 4.90 Å². The van der Waals surface area contributed by atoms with E-state index in [9.17, 15) is 4.79 Å². The first-order valence-electron chi connectivity index (χ1n) is 7.79. The lowest BCUT2D eigenvalue weighted by Crippen LogP contribution is -2.45. The van der Waals surface area contributed by atoms with Gasteiger partial charge < -0.3 is 15.0 Å². The molecular weight excluding hydrogens is 294 g/mol. The Labute approximate surface area is 135 Å². The predicted octanol–water partition coefficient (Wildman–Crippen LogP) is 1.79. The smallest absolute Gasteiger partial charge is 0.317 e. The quantitative estimate of drug-likeness (QED) is 0.901. The third-order valence-corrected chi connectivity index (χ3v) is 4.03. The number of benzene rings is 1. The molecule has 0 unspecified atom stereocenters. The van der Waals surface area contributed by atoms with E-state index in [2.05, 4.69) is 20.5 Å². The van der Waals surface area contributed by atoms with Crippen molar-refractivity contribution in [3.63, 3.8) is 0 Å². The van der Waals surface area contributed by atoms with Crippen LogP contribution in [0.1, 0.15) is 18.7 Å². The van der Waals surface area contributed by atoms with E-state index >= 15 is 0 Å². The molecule has 23 heavy (non-hydrogen) atoms. The van der Waals surface area contributed by atoms with Gasteiger partial charge in [-0.2, -0.15) is 5.10 Å². The molecule has 0 aliphatic carbocycles. The number of urea groups is 1. The van der Waals surface area contributed by atoms with Crippen molar-refractivity contribution in [3.8, 4) is 11.4 Å². The van der Waals surface area contributed by atoms with E-state index in [4.69, 9.17) is 4.74 Å². The summed E-state index contributed by atoms with van der Waals surface area (Å²) in [6, 6.07) is 9.86. The Kier molecular flexibility index (Phi) is 4.87. The molecule has 122 valence electrons. The van der Waals surface area contributed by atoms with Gasteiger partial charge in [-0.1, -0.05) is 30.3 Å². The number of aromatic nitrogens is 3. The van der Waals surface area contributed by atoms with Crippen LogP contribution in [0.15, 0.2) is 30.3 Å². The average molecular weight is 315 g/mol. The molecule has 0 spiro atoms. The van der Waals surface area contributed by atoms with Crippen LogP contribution < -0.4 is 5.32 Å². The minimum atomic E-state index is -0.102. The highest BCUT2D eigenvalue weighted by Crippen LogP contribution is 2.14. The van der Waals surface area contributed by atoms with E-state index in [0.717, 1.165) is 18.4 Å². The van der Waals surface area contributed by atoms with Crippen molar-refractivity contribution in [1.82, 2.24) is 25.4 Å². The summed E-state index contributed by atoms with van der Waals surface area (Å²) in [5.74, 6) is 1.27. The van der Waals surface area contributed by atoms with Gasteiger partial charge in [-0.05, 0) is 12.8 Å². The summed E-state index contributed by atoms with van der Waals surface area (Å²) in [6.07, 6.45) is 1.76. The summed E-state index contributed by atoms with van der Waals surface area (Å²) in [4.78, 5) is 18.4. The molecule has 2 N–H and O–H groups in total. The molecule has 1 aromatic carbocycles. The molecule has 3 rings (SSSR count). The maximum absolute atomic E-state index is 12.2. The maximum atomic E-state index is 12.2. The molecule has 7 nitrogen and oxygen atoms in total. The molecule has 1 aliphatic heterocycles. The number of amides is 2. The molecular formula is C16H21N5O2. The molecule has 2 heterocycles. The normalized spacial score (nSPS) is 15.3. The van der Waals surface area contributed by atoms with Gasteiger partial charge in [0.25, 0.3) is 0 Å². The van der Waals surface area contributed by atoms with Crippen LogP contribution in [0, 0.1) is 0 Å². The number of nitrogens with zero attached hydrogens (tertiary/aromatic N) is 3. The molecule has 7 heteroatoms. The van der Waals surface area contributed by atoms with E-state index in [1.807, 2.05) is 37.4 Å². The van der Waals surface area contributed by atoms with Crippen LogP contribution in [0.25, 0.3) is 11.4 Å². The first-order chi connectivity index (χ1) is 11.2. The van der Waals surface area contributed by atoms with Crippen molar-refractivity contribution in [2.45, 2.75) is 25.4 Å². The van der Waals surface area contributed by atoms with Crippen LogP contribution in [0.2, 0.25) is 0 Å². The summed E-state index contributed by atoms with van der Waals surface area (Å²) < 4.78 is 5.32. The largest absolute Gasteiger partial charge is 0.381 e. The Morgan fingerprint density at radius 3 is 2.83 bits per heavy atom. The Hall–Kier alpha value is -2.41. The number of hydrogen-bond donors (Lipinski definition) is 2. The highest BCUT2D eigenvalue weighted by Gasteiger charge is 2.22. The number of carbonyl (C=O) groups is 1. The number of rotatable bonds is 4. The summed E-state index contributed by atoms with van der Waals surface area (Å²) in [7, 11) is 1.82. The number of hydrogen-bond acceptors (Lipinski definition) is 4. The van der Waals surface area contributed by atoms with Crippen molar-refractivity contribution >= 4 is 6.03 Å². The molecule has 2 amide bonds. The SMILES string of the molecule is CN(C(=O)NCc1nc(-c2ccccc2)n[nH]1)C1CCOCC1. The molecule has 1 aromatic heterocycles. The third kappa shape index (κ3) is 3.87. The highest BCUT2D eigenvalue weighted by atomic mass is 16.5. The second-order valence-corrected chi connectivity index (χ2v) is 5.58. The lowest BCUT2D eigenvalue weighted by molar-refractivity contribution is 0.0525. The number of H-pyrrole nitrogens is 1. The van der Waals surface area contributed by atoms with Crippen LogP contribution in [0.5, 0.6) is 0 Å². The Morgan fingerprint density at radius 1 is 1.35 bits per heavy atom. The number of carbonyl (C=O) groups excluding carboxylic acids is 1. The second-order valence-electron chi connectivity index (χ2n) is 5.58. The standard InChI is InChI=1S/C16H21N5O2/c1-21(13-7-9-23-10-8-13)16(22)17-11-14-18-15(20-19-14)12-5-3-2-4-6-12/h2-6,13H,7-11H2,1H3,(H,17,22)(H,18,19,20). The fourth-order valence-corrected chi connectivity index (χ4v) is 2.61. The van der Waals surface area contributed by atoms with Gasteiger partial charge in [0.15, 0.2) is 5.82 Å². The zero-order valence-electron chi connectivity index (χ0n) is 13.2. The number of ether oxygens (including phenoxy) is 1. The van der Waals surface area contributed by atoms with Crippen molar-refractivity contribution in [3.05, 3.63) is 36.2 Å². The highest BCUT2D eigenvalue weighted by molar-refractivity contribution is 5.74. The van der Waals surface area contributed by atoms with E-state index in [1.165, 1.54) is 0 Å². The first-order valence-corrected chi connectivity index (χ1v) is 7.79. The lowest BCUT2D eigenvalue weighted by Gasteiger charge is -2.31. The van der Waals surface area contributed by atoms with Gasteiger partial charge in [0.1, 0.15) is 5.82 Å². The zero-order valence-corrected chi connectivity index (χ0v) is 13.2. The van der Waals surface area contributed by atoms with Crippen LogP contribution in [-0.2, 0) is 11.3 Å². The summed E-state index contributed by atoms with van der Waals surface area (Å²) in [6.45, 7) is 1.75. The van der Waals surface area contributed by atoms with Crippen LogP contribution in [0.3, 0.4) is 0 Å². The summed E-state index contributed by atoms with van der Waals surface area (Å²) in [5.41, 5.74) is 0.945. The summed E-state index contributed by atoms with van der Waals surface area (Å²) >= 11 is 0. The maximum Gasteiger partial charge on any atom is 0.317 e. The molecule has 2 aromatic rings. The van der Waals surface area contributed by atoms with Gasteiger partial charge in [0.2, 0.25) is 0 Å². The molecule has 0 saturated carbocycles. The van der Waals surface area contributed by atoms with E-state index in [-0.39, 0.29) is 12.1 Å². The van der Waals surface area contributed by atoms with Crippen LogP contribution >= 0.6 is 0 Å². The van der Waals surface area contributed by atoms with E-state index in [0.29, 0.717) is 31.4 Å². The van der Waals surface area contributed by atoms with Gasteiger partial charge in [0, 0.05) is 31.9 Å². The van der Waals surface area contributed by atoms with Gasteiger partial charge in [0.05, 0.1) is 6.54 Å². The molecule has 0 radical (unpaired) electrons. The topological polar surface area (TPSA) is 83.1 Å². The van der Waals surface area contributed by atoms with Crippen molar-refractivity contribution in [2.75, 3.05) is 20.3 Å². The molecule has 1 fully saturated rings. The molecule has 0 atom stereocenters. The zero-order chi connectivity index (χ0) is 16.1. The minimum Gasteiger partial charge on any atom is -0.381 e. The molecule has 1 saturated heterocycles. The Balaban J connectivity index is 1.54. The second kappa shape index (κ2) is 7.23. The lowest BCUT2D eigenvalue weighted by atomic mass is 10.1. The number of aromatic amines is 1. The average Bonchev–Trinajstić information content (AvgIpc) is 3.09. The third-order valence-electron chi connectivity index (χ3n) is 4.03.